The number of alkyl halides is 1. The van der Waals surface area contributed by atoms with Gasteiger partial charge in [0.15, 0.2) is 0 Å². The van der Waals surface area contributed by atoms with E-state index in [0.29, 0.717) is 17.3 Å². The topological polar surface area (TPSA) is 0 Å². The number of hydrogen-bond acceptors (Lipinski definition) is 0. The maximum Gasteiger partial charge on any atom is 0.129 e. The van der Waals surface area contributed by atoms with Crippen molar-refractivity contribution in [2.24, 2.45) is 0 Å². The van der Waals surface area contributed by atoms with Gasteiger partial charge >= 0.3 is 0 Å². The van der Waals surface area contributed by atoms with E-state index in [4.69, 9.17) is 0 Å². The first-order valence-electron chi connectivity index (χ1n) is 5.86. The third kappa shape index (κ3) is 3.63. The summed E-state index contributed by atoms with van der Waals surface area (Å²) in [6.07, 6.45) is 0.528. The minimum Gasteiger partial charge on any atom is -0.207 e. The Bertz CT molecular complexity index is 570. The van der Waals surface area contributed by atoms with E-state index in [-0.39, 0.29) is 5.92 Å². The number of benzene rings is 2. The minimum absolute atomic E-state index is 0.135. The van der Waals surface area contributed by atoms with Gasteiger partial charge < -0.3 is 0 Å². The summed E-state index contributed by atoms with van der Waals surface area (Å²) < 4.78 is 27.6. The molecule has 1 unspecified atom stereocenters. The monoisotopic (exact) mass is 388 g/mol. The van der Waals surface area contributed by atoms with Crippen molar-refractivity contribution in [1.82, 2.24) is 0 Å². The lowest BCUT2D eigenvalue weighted by Crippen LogP contribution is -2.07. The largest absolute Gasteiger partial charge is 0.207 e. The molecule has 4 heteroatoms. The van der Waals surface area contributed by atoms with Crippen LogP contribution < -0.4 is 0 Å². The molecule has 0 aromatic heterocycles. The molecule has 0 amide bonds. The molecular weight excluding hydrogens is 378 g/mol. The van der Waals surface area contributed by atoms with Crippen LogP contribution in [0.2, 0.25) is 0 Å². The van der Waals surface area contributed by atoms with Gasteiger partial charge in [0.05, 0.1) is 0 Å². The molecule has 0 aliphatic carbocycles. The van der Waals surface area contributed by atoms with Crippen molar-refractivity contribution in [3.05, 3.63) is 69.7 Å². The van der Waals surface area contributed by atoms with Crippen LogP contribution in [0.25, 0.3) is 0 Å². The summed E-state index contributed by atoms with van der Waals surface area (Å²) in [5, 5.41) is 0.715. The molecule has 0 fully saturated rings. The van der Waals surface area contributed by atoms with Crippen LogP contribution in [0.15, 0.2) is 46.9 Å². The Kier molecular flexibility index (Phi) is 5.11. The van der Waals surface area contributed by atoms with E-state index in [1.54, 1.807) is 0 Å². The van der Waals surface area contributed by atoms with Crippen molar-refractivity contribution in [1.29, 1.82) is 0 Å². The molecule has 0 bridgehead atoms. The van der Waals surface area contributed by atoms with E-state index >= 15 is 0 Å². The summed E-state index contributed by atoms with van der Waals surface area (Å²) >= 11 is 6.97. The van der Waals surface area contributed by atoms with Crippen molar-refractivity contribution in [3.8, 4) is 0 Å². The summed E-state index contributed by atoms with van der Waals surface area (Å²) in [6.45, 7) is 0. The van der Waals surface area contributed by atoms with E-state index in [2.05, 4.69) is 31.9 Å². The molecule has 0 nitrogen and oxygen atoms in total. The predicted molar refractivity (Wildman–Crippen MR) is 80.7 cm³/mol. The van der Waals surface area contributed by atoms with Crippen LogP contribution >= 0.6 is 31.9 Å². The molecule has 0 radical (unpaired) electrons. The third-order valence-corrected chi connectivity index (χ3v) is 4.52. The van der Waals surface area contributed by atoms with Crippen LogP contribution in [0.1, 0.15) is 17.0 Å². The smallest absolute Gasteiger partial charge is 0.129 e. The van der Waals surface area contributed by atoms with Gasteiger partial charge in [-0.15, -0.1) is 0 Å². The van der Waals surface area contributed by atoms with E-state index in [1.165, 1.54) is 12.1 Å². The Labute approximate surface area is 128 Å². The quantitative estimate of drug-likeness (QED) is 0.610. The van der Waals surface area contributed by atoms with Crippen LogP contribution in [0.5, 0.6) is 0 Å². The summed E-state index contributed by atoms with van der Waals surface area (Å²) in [6, 6.07) is 11.6. The standard InChI is InChI=1S/C15H12Br2F2/c16-9-11(13-3-1-2-4-14(13)17)7-10-5-6-12(18)8-15(10)19/h1-6,8,11H,7,9H2. The molecule has 2 rings (SSSR count). The third-order valence-electron chi connectivity index (χ3n) is 3.01. The molecule has 2 aromatic rings. The maximum absolute atomic E-state index is 13.7. The maximum atomic E-state index is 13.7. The van der Waals surface area contributed by atoms with Gasteiger partial charge in [0.25, 0.3) is 0 Å². The van der Waals surface area contributed by atoms with Crippen LogP contribution in [-0.4, -0.2) is 5.33 Å². The highest BCUT2D eigenvalue weighted by Gasteiger charge is 2.16. The Hall–Kier alpha value is -0.740. The highest BCUT2D eigenvalue weighted by molar-refractivity contribution is 9.10. The van der Waals surface area contributed by atoms with Gasteiger partial charge in [0, 0.05) is 15.9 Å². The lowest BCUT2D eigenvalue weighted by molar-refractivity contribution is 0.566. The molecule has 0 saturated carbocycles. The van der Waals surface area contributed by atoms with Gasteiger partial charge in [-0.05, 0) is 35.6 Å². The fourth-order valence-corrected chi connectivity index (χ4v) is 3.19. The number of halogens is 4. The molecule has 0 N–H and O–H groups in total. The molecule has 2 aromatic carbocycles. The highest BCUT2D eigenvalue weighted by Crippen LogP contribution is 2.30. The van der Waals surface area contributed by atoms with Crippen LogP contribution in [-0.2, 0) is 6.42 Å². The zero-order valence-electron chi connectivity index (χ0n) is 10.0. The first-order chi connectivity index (χ1) is 9.11. The highest BCUT2D eigenvalue weighted by atomic mass is 79.9. The second-order valence-corrected chi connectivity index (χ2v) is 5.81. The molecular formula is C15H12Br2F2. The van der Waals surface area contributed by atoms with Gasteiger partial charge in [-0.25, -0.2) is 8.78 Å². The van der Waals surface area contributed by atoms with E-state index in [9.17, 15) is 8.78 Å². The van der Waals surface area contributed by atoms with Crippen molar-refractivity contribution < 1.29 is 8.78 Å². The number of rotatable bonds is 4. The normalized spacial score (nSPS) is 12.4. The summed E-state index contributed by atoms with van der Waals surface area (Å²) in [5.41, 5.74) is 1.64. The van der Waals surface area contributed by atoms with E-state index in [0.717, 1.165) is 16.1 Å². The Morgan fingerprint density at radius 1 is 1.05 bits per heavy atom. The molecule has 0 heterocycles. The van der Waals surface area contributed by atoms with E-state index in [1.807, 2.05) is 24.3 Å². The average molecular weight is 390 g/mol. The van der Waals surface area contributed by atoms with Crippen LogP contribution in [0.4, 0.5) is 8.78 Å². The molecule has 100 valence electrons. The number of hydrogen-bond donors (Lipinski definition) is 0. The molecule has 19 heavy (non-hydrogen) atoms. The minimum atomic E-state index is -0.544. The first kappa shape index (κ1) is 14.7. The first-order valence-corrected chi connectivity index (χ1v) is 7.77. The van der Waals surface area contributed by atoms with Crippen molar-refractivity contribution >= 4 is 31.9 Å². The van der Waals surface area contributed by atoms with Gasteiger partial charge in [-0.2, -0.15) is 0 Å². The van der Waals surface area contributed by atoms with Gasteiger partial charge in [0.1, 0.15) is 11.6 Å². The zero-order chi connectivity index (χ0) is 13.8. The lowest BCUT2D eigenvalue weighted by Gasteiger charge is -2.16. The summed E-state index contributed by atoms with van der Waals surface area (Å²) in [4.78, 5) is 0. The second kappa shape index (κ2) is 6.62. The molecule has 1 atom stereocenters. The lowest BCUT2D eigenvalue weighted by atomic mass is 9.93. The SMILES string of the molecule is Fc1ccc(CC(CBr)c2ccccc2Br)c(F)c1. The van der Waals surface area contributed by atoms with Crippen molar-refractivity contribution in [3.63, 3.8) is 0 Å². The Morgan fingerprint density at radius 3 is 2.42 bits per heavy atom. The fourth-order valence-electron chi connectivity index (χ4n) is 2.01. The molecule has 0 aliphatic heterocycles. The predicted octanol–water partition coefficient (Wildman–Crippen LogP) is 5.45. The molecule has 0 saturated heterocycles. The van der Waals surface area contributed by atoms with Gasteiger partial charge in [-0.1, -0.05) is 56.1 Å². The van der Waals surface area contributed by atoms with E-state index < -0.39 is 11.6 Å². The van der Waals surface area contributed by atoms with Crippen LogP contribution in [0, 0.1) is 11.6 Å². The Balaban J connectivity index is 2.27. The average Bonchev–Trinajstić information content (AvgIpc) is 2.39. The zero-order valence-corrected chi connectivity index (χ0v) is 13.2. The second-order valence-electron chi connectivity index (χ2n) is 4.31. The van der Waals surface area contributed by atoms with Crippen LogP contribution in [0.3, 0.4) is 0 Å². The van der Waals surface area contributed by atoms with Crippen molar-refractivity contribution in [2.45, 2.75) is 12.3 Å². The summed E-state index contributed by atoms with van der Waals surface area (Å²) in [7, 11) is 0. The molecule has 0 spiro atoms. The fraction of sp³-hybridized carbons (Fsp3) is 0.200. The van der Waals surface area contributed by atoms with Gasteiger partial charge in [0.2, 0.25) is 0 Å². The molecule has 0 aliphatic rings. The Morgan fingerprint density at radius 2 is 1.79 bits per heavy atom. The van der Waals surface area contributed by atoms with Crippen molar-refractivity contribution in [2.75, 3.05) is 5.33 Å². The van der Waals surface area contributed by atoms with Gasteiger partial charge in [-0.3, -0.25) is 0 Å². The summed E-state index contributed by atoms with van der Waals surface area (Å²) in [5.74, 6) is -0.897.